The van der Waals surface area contributed by atoms with Crippen molar-refractivity contribution in [3.05, 3.63) is 18.3 Å². The average molecular weight is 328 g/mol. The largest absolute Gasteiger partial charge is 0.384 e. The molecule has 0 bridgehead atoms. The maximum Gasteiger partial charge on any atom is 0.319 e. The summed E-state index contributed by atoms with van der Waals surface area (Å²) in [6.07, 6.45) is 2.89. The van der Waals surface area contributed by atoms with E-state index in [2.05, 4.69) is 10.3 Å². The van der Waals surface area contributed by atoms with Crippen LogP contribution >= 0.6 is 12.4 Å². The van der Waals surface area contributed by atoms with Gasteiger partial charge in [0, 0.05) is 33.1 Å². The highest BCUT2D eigenvalue weighted by molar-refractivity contribution is 5.92. The normalized spacial score (nSPS) is 14.9. The van der Waals surface area contributed by atoms with Crippen LogP contribution in [0.25, 0.3) is 0 Å². The molecule has 1 saturated heterocycles. The highest BCUT2D eigenvalue weighted by Gasteiger charge is 2.27. The molecule has 1 aliphatic heterocycles. The van der Waals surface area contributed by atoms with Crippen molar-refractivity contribution >= 4 is 35.9 Å². The summed E-state index contributed by atoms with van der Waals surface area (Å²) in [6.45, 7) is 1.21. The fraction of sp³-hybridized carbons (Fsp3) is 0.500. The molecule has 3 N–H and O–H groups in total. The predicted octanol–water partition coefficient (Wildman–Crippen LogP) is 1.42. The van der Waals surface area contributed by atoms with Gasteiger partial charge in [-0.2, -0.15) is 0 Å². The molecule has 0 aromatic carbocycles. The minimum atomic E-state index is -0.0752. The molecule has 3 amide bonds. The molecule has 2 rings (SSSR count). The maximum atomic E-state index is 12.2. The van der Waals surface area contributed by atoms with Crippen molar-refractivity contribution in [3.8, 4) is 0 Å². The number of nitrogens with one attached hydrogen (secondary N) is 1. The predicted molar refractivity (Wildman–Crippen MR) is 87.9 cm³/mol. The molecule has 8 heteroatoms. The third-order valence-electron chi connectivity index (χ3n) is 3.57. The zero-order valence-corrected chi connectivity index (χ0v) is 13.6. The third kappa shape index (κ3) is 4.49. The van der Waals surface area contributed by atoms with Crippen LogP contribution in [-0.4, -0.2) is 53.9 Å². The molecule has 0 spiro atoms. The first-order valence-electron chi connectivity index (χ1n) is 6.96. The molecule has 1 aromatic rings. The lowest BCUT2D eigenvalue weighted by molar-refractivity contribution is -0.121. The molecule has 1 aliphatic rings. The van der Waals surface area contributed by atoms with Crippen LogP contribution in [0.3, 0.4) is 0 Å². The Kier molecular flexibility index (Phi) is 6.42. The van der Waals surface area contributed by atoms with E-state index in [-0.39, 0.29) is 30.3 Å². The number of carbonyl (C=O) groups excluding carboxylic acids is 2. The van der Waals surface area contributed by atoms with Crippen molar-refractivity contribution in [3.63, 3.8) is 0 Å². The summed E-state index contributed by atoms with van der Waals surface area (Å²) in [7, 11) is 3.46. The zero-order chi connectivity index (χ0) is 15.4. The molecule has 122 valence electrons. The number of rotatable bonds is 2. The first-order chi connectivity index (χ1) is 9.97. The first kappa shape index (κ1) is 18.0. The van der Waals surface area contributed by atoms with Gasteiger partial charge in [0.05, 0.1) is 11.9 Å². The van der Waals surface area contributed by atoms with Crippen LogP contribution in [0.2, 0.25) is 0 Å². The Morgan fingerprint density at radius 1 is 1.32 bits per heavy atom. The monoisotopic (exact) mass is 327 g/mol. The van der Waals surface area contributed by atoms with Crippen LogP contribution in [0.5, 0.6) is 0 Å². The fourth-order valence-electron chi connectivity index (χ4n) is 2.34. The van der Waals surface area contributed by atoms with E-state index in [0.29, 0.717) is 37.4 Å². The number of carbonyl (C=O) groups is 2. The van der Waals surface area contributed by atoms with Gasteiger partial charge in [-0.05, 0) is 25.0 Å². The Balaban J connectivity index is 0.00000242. The fourth-order valence-corrected chi connectivity index (χ4v) is 2.34. The van der Waals surface area contributed by atoms with Crippen molar-refractivity contribution in [2.24, 2.45) is 5.92 Å². The van der Waals surface area contributed by atoms with Gasteiger partial charge in [-0.25, -0.2) is 9.78 Å². The second-order valence-corrected chi connectivity index (χ2v) is 5.40. The minimum absolute atomic E-state index is 0. The Labute approximate surface area is 136 Å². The van der Waals surface area contributed by atoms with Gasteiger partial charge in [0.15, 0.2) is 0 Å². The Hall–Kier alpha value is -2.02. The SMILES string of the molecule is CN(C)C(=O)N1CCC(C(=O)Nc2ccc(N)nc2)CC1.Cl. The number of nitrogen functional groups attached to an aromatic ring is 1. The summed E-state index contributed by atoms with van der Waals surface area (Å²) in [5.41, 5.74) is 6.14. The number of likely N-dealkylation sites (tertiary alicyclic amines) is 1. The summed E-state index contributed by atoms with van der Waals surface area (Å²) in [6, 6.07) is 3.37. The van der Waals surface area contributed by atoms with E-state index in [9.17, 15) is 9.59 Å². The van der Waals surface area contributed by atoms with Crippen LogP contribution in [0.4, 0.5) is 16.3 Å². The van der Waals surface area contributed by atoms with Crippen molar-refractivity contribution in [1.29, 1.82) is 0 Å². The van der Waals surface area contributed by atoms with Crippen LogP contribution in [0, 0.1) is 5.92 Å². The number of amides is 3. The van der Waals surface area contributed by atoms with E-state index in [1.807, 2.05) is 0 Å². The van der Waals surface area contributed by atoms with Gasteiger partial charge in [-0.3, -0.25) is 4.79 Å². The molecule has 0 aliphatic carbocycles. The van der Waals surface area contributed by atoms with E-state index >= 15 is 0 Å². The topological polar surface area (TPSA) is 91.6 Å². The number of hydrogen-bond donors (Lipinski definition) is 2. The summed E-state index contributed by atoms with van der Waals surface area (Å²) in [5, 5.41) is 2.83. The molecular weight excluding hydrogens is 306 g/mol. The summed E-state index contributed by atoms with van der Waals surface area (Å²) < 4.78 is 0. The third-order valence-corrected chi connectivity index (χ3v) is 3.57. The Morgan fingerprint density at radius 2 is 1.95 bits per heavy atom. The molecule has 0 saturated carbocycles. The van der Waals surface area contributed by atoms with Gasteiger partial charge >= 0.3 is 6.03 Å². The molecule has 0 radical (unpaired) electrons. The number of urea groups is 1. The van der Waals surface area contributed by atoms with Crippen molar-refractivity contribution < 1.29 is 9.59 Å². The van der Waals surface area contributed by atoms with Crippen molar-refractivity contribution in [2.75, 3.05) is 38.2 Å². The number of hydrogen-bond acceptors (Lipinski definition) is 4. The molecule has 7 nitrogen and oxygen atoms in total. The van der Waals surface area contributed by atoms with Gasteiger partial charge in [0.25, 0.3) is 0 Å². The number of aromatic nitrogens is 1. The number of nitrogens with two attached hydrogens (primary N) is 1. The van der Waals surface area contributed by atoms with Crippen molar-refractivity contribution in [1.82, 2.24) is 14.8 Å². The van der Waals surface area contributed by atoms with E-state index in [0.717, 1.165) is 0 Å². The first-order valence-corrected chi connectivity index (χ1v) is 6.96. The van der Waals surface area contributed by atoms with Crippen molar-refractivity contribution in [2.45, 2.75) is 12.8 Å². The Bertz CT molecular complexity index is 512. The van der Waals surface area contributed by atoms with Crippen LogP contribution in [0.15, 0.2) is 18.3 Å². The average Bonchev–Trinajstić information content (AvgIpc) is 2.49. The maximum absolute atomic E-state index is 12.2. The van der Waals surface area contributed by atoms with Gasteiger partial charge in [0.2, 0.25) is 5.91 Å². The number of anilines is 2. The Morgan fingerprint density at radius 3 is 2.45 bits per heavy atom. The minimum Gasteiger partial charge on any atom is -0.384 e. The molecule has 0 atom stereocenters. The van der Waals surface area contributed by atoms with Gasteiger partial charge < -0.3 is 20.9 Å². The second-order valence-electron chi connectivity index (χ2n) is 5.40. The summed E-state index contributed by atoms with van der Waals surface area (Å²) in [4.78, 5) is 31.3. The van der Waals surface area contributed by atoms with E-state index in [4.69, 9.17) is 5.73 Å². The molecule has 22 heavy (non-hydrogen) atoms. The molecular formula is C14H22ClN5O2. The van der Waals surface area contributed by atoms with Crippen LogP contribution < -0.4 is 11.1 Å². The molecule has 1 fully saturated rings. The van der Waals surface area contributed by atoms with E-state index in [1.165, 1.54) is 6.20 Å². The highest BCUT2D eigenvalue weighted by Crippen LogP contribution is 2.20. The summed E-state index contributed by atoms with van der Waals surface area (Å²) in [5.74, 6) is 0.316. The van der Waals surface area contributed by atoms with Gasteiger partial charge in [-0.15, -0.1) is 12.4 Å². The van der Waals surface area contributed by atoms with Gasteiger partial charge in [-0.1, -0.05) is 0 Å². The molecule has 2 heterocycles. The summed E-state index contributed by atoms with van der Waals surface area (Å²) >= 11 is 0. The number of pyridine rings is 1. The molecule has 0 unspecified atom stereocenters. The number of piperidine rings is 1. The molecule has 1 aromatic heterocycles. The number of halogens is 1. The van der Waals surface area contributed by atoms with Crippen LogP contribution in [-0.2, 0) is 4.79 Å². The lowest BCUT2D eigenvalue weighted by atomic mass is 9.96. The quantitative estimate of drug-likeness (QED) is 0.859. The van der Waals surface area contributed by atoms with Gasteiger partial charge in [0.1, 0.15) is 5.82 Å². The standard InChI is InChI=1S/C14H21N5O2.ClH/c1-18(2)14(21)19-7-5-10(6-8-19)13(20)17-11-3-4-12(15)16-9-11;/h3-4,9-10H,5-8H2,1-2H3,(H2,15,16)(H,17,20);1H. The van der Waals surface area contributed by atoms with E-state index in [1.54, 1.807) is 36.0 Å². The lowest BCUT2D eigenvalue weighted by Crippen LogP contribution is -2.45. The smallest absolute Gasteiger partial charge is 0.319 e. The lowest BCUT2D eigenvalue weighted by Gasteiger charge is -2.33. The zero-order valence-electron chi connectivity index (χ0n) is 12.8. The number of nitrogens with zero attached hydrogens (tertiary/aromatic N) is 3. The highest BCUT2D eigenvalue weighted by atomic mass is 35.5. The second kappa shape index (κ2) is 7.84. The van der Waals surface area contributed by atoms with Crippen LogP contribution in [0.1, 0.15) is 12.8 Å². The van der Waals surface area contributed by atoms with E-state index < -0.39 is 0 Å².